The van der Waals surface area contributed by atoms with Crippen molar-refractivity contribution >= 4 is 29.3 Å². The molecule has 29 heavy (non-hydrogen) atoms. The van der Waals surface area contributed by atoms with Gasteiger partial charge in [0.05, 0.1) is 11.7 Å². The first kappa shape index (κ1) is 21.4. The molecule has 0 unspecified atom stereocenters. The molecular formula is C23H27NO4S. The summed E-state index contributed by atoms with van der Waals surface area (Å²) in [6.45, 7) is 4.46. The van der Waals surface area contributed by atoms with Gasteiger partial charge in [0.25, 0.3) is 5.91 Å². The minimum Gasteiger partial charge on any atom is -0.449 e. The first-order valence-electron chi connectivity index (χ1n) is 10.0. The number of hydrogen-bond donors (Lipinski definition) is 1. The van der Waals surface area contributed by atoms with Crippen molar-refractivity contribution in [3.8, 4) is 0 Å². The summed E-state index contributed by atoms with van der Waals surface area (Å²) in [4.78, 5) is 25.9. The van der Waals surface area contributed by atoms with E-state index in [2.05, 4.69) is 12.2 Å². The largest absolute Gasteiger partial charge is 0.449 e. The van der Waals surface area contributed by atoms with Crippen molar-refractivity contribution in [3.05, 3.63) is 59.7 Å². The number of carbonyl (C=O) groups excluding carboxylic acids is 2. The van der Waals surface area contributed by atoms with Crippen LogP contribution in [0.15, 0.2) is 53.4 Å². The monoisotopic (exact) mass is 413 g/mol. The third-order valence-corrected chi connectivity index (χ3v) is 6.04. The molecule has 0 radical (unpaired) electrons. The summed E-state index contributed by atoms with van der Waals surface area (Å²) in [6.07, 6.45) is 2.41. The van der Waals surface area contributed by atoms with Crippen LogP contribution in [0.4, 0.5) is 5.69 Å². The number of carbonyl (C=O) groups is 2. The second-order valence-corrected chi connectivity index (χ2v) is 8.09. The first-order valence-corrected chi connectivity index (χ1v) is 11.0. The molecule has 1 aliphatic heterocycles. The number of nitrogens with one attached hydrogen (secondary N) is 1. The van der Waals surface area contributed by atoms with Crippen LogP contribution < -0.4 is 5.32 Å². The van der Waals surface area contributed by atoms with Gasteiger partial charge in [-0.2, -0.15) is 0 Å². The van der Waals surface area contributed by atoms with Crippen molar-refractivity contribution in [2.24, 2.45) is 0 Å². The van der Waals surface area contributed by atoms with Crippen molar-refractivity contribution in [2.45, 2.75) is 50.2 Å². The summed E-state index contributed by atoms with van der Waals surface area (Å²) in [5, 5.41) is 2.79. The Hall–Kier alpha value is -2.31. The third kappa shape index (κ3) is 6.08. The number of amides is 1. The standard InChI is InChI=1S/C23H27NO4S/c1-3-17-10-12-18(13-11-17)24-22(25)16(2)28-23(26)20-8-4-5-9-21(20)29-15-19-7-6-14-27-19/h4-5,8-13,16,19H,3,6-7,14-15H2,1-2H3,(H,24,25)/t16-,19-/m0/s1. The number of thioether (sulfide) groups is 1. The first-order chi connectivity index (χ1) is 14.1. The molecule has 1 N–H and O–H groups in total. The minimum absolute atomic E-state index is 0.230. The zero-order valence-corrected chi connectivity index (χ0v) is 17.7. The number of anilines is 1. The van der Waals surface area contributed by atoms with E-state index in [4.69, 9.17) is 9.47 Å². The highest BCUT2D eigenvalue weighted by Gasteiger charge is 2.22. The van der Waals surface area contributed by atoms with Gasteiger partial charge in [-0.3, -0.25) is 4.79 Å². The molecule has 0 saturated carbocycles. The molecule has 1 aliphatic rings. The van der Waals surface area contributed by atoms with Gasteiger partial charge in [0.1, 0.15) is 0 Å². The molecule has 1 saturated heterocycles. The van der Waals surface area contributed by atoms with Crippen molar-refractivity contribution in [3.63, 3.8) is 0 Å². The number of esters is 1. The molecule has 2 aromatic carbocycles. The smallest absolute Gasteiger partial charge is 0.340 e. The van der Waals surface area contributed by atoms with E-state index in [9.17, 15) is 9.59 Å². The summed E-state index contributed by atoms with van der Waals surface area (Å²) in [6, 6.07) is 15.0. The lowest BCUT2D eigenvalue weighted by molar-refractivity contribution is -0.123. The molecule has 3 rings (SSSR count). The van der Waals surface area contributed by atoms with Gasteiger partial charge in [-0.1, -0.05) is 31.2 Å². The van der Waals surface area contributed by atoms with Gasteiger partial charge in [-0.05, 0) is 56.0 Å². The maximum absolute atomic E-state index is 12.7. The normalized spacial score (nSPS) is 17.0. The van der Waals surface area contributed by atoms with Crippen LogP contribution in [-0.4, -0.2) is 36.4 Å². The van der Waals surface area contributed by atoms with E-state index in [1.165, 1.54) is 5.56 Å². The average Bonchev–Trinajstić information content (AvgIpc) is 3.26. The van der Waals surface area contributed by atoms with Crippen LogP contribution in [0.5, 0.6) is 0 Å². The summed E-state index contributed by atoms with van der Waals surface area (Å²) in [5.74, 6) is -0.0508. The molecule has 0 bridgehead atoms. The Bertz CT molecular complexity index is 831. The highest BCUT2D eigenvalue weighted by atomic mass is 32.2. The Kier molecular flexibility index (Phi) is 7.72. The number of hydrogen-bond acceptors (Lipinski definition) is 5. The predicted octanol–water partition coefficient (Wildman–Crippen LogP) is 4.70. The lowest BCUT2D eigenvalue weighted by atomic mass is 10.1. The highest BCUT2D eigenvalue weighted by Crippen LogP contribution is 2.27. The van der Waals surface area contributed by atoms with Crippen LogP contribution in [0.1, 0.15) is 42.6 Å². The molecule has 0 spiro atoms. The molecule has 0 aliphatic carbocycles. The lowest BCUT2D eigenvalue weighted by Gasteiger charge is -2.16. The van der Waals surface area contributed by atoms with Gasteiger partial charge >= 0.3 is 5.97 Å². The second kappa shape index (κ2) is 10.5. The van der Waals surface area contributed by atoms with Crippen LogP contribution in [0.25, 0.3) is 0 Å². The van der Waals surface area contributed by atoms with Crippen molar-refractivity contribution in [1.82, 2.24) is 0 Å². The molecule has 154 valence electrons. The molecule has 1 heterocycles. The topological polar surface area (TPSA) is 64.6 Å². The van der Waals surface area contributed by atoms with E-state index in [1.807, 2.05) is 36.4 Å². The van der Waals surface area contributed by atoms with Crippen LogP contribution in [-0.2, 0) is 20.7 Å². The number of aryl methyl sites for hydroxylation is 1. The fourth-order valence-electron chi connectivity index (χ4n) is 3.06. The fourth-order valence-corrected chi connectivity index (χ4v) is 4.17. The number of ether oxygens (including phenoxy) is 2. The zero-order valence-electron chi connectivity index (χ0n) is 16.9. The van der Waals surface area contributed by atoms with Crippen LogP contribution in [0.3, 0.4) is 0 Å². The van der Waals surface area contributed by atoms with Crippen molar-refractivity contribution in [2.75, 3.05) is 17.7 Å². The maximum atomic E-state index is 12.7. The Morgan fingerprint density at radius 1 is 1.21 bits per heavy atom. The Morgan fingerprint density at radius 2 is 1.97 bits per heavy atom. The van der Waals surface area contributed by atoms with Gasteiger partial charge in [-0.25, -0.2) is 4.79 Å². The average molecular weight is 414 g/mol. The second-order valence-electron chi connectivity index (χ2n) is 7.03. The van der Waals surface area contributed by atoms with E-state index in [0.29, 0.717) is 11.3 Å². The summed E-state index contributed by atoms with van der Waals surface area (Å²) in [5.41, 5.74) is 2.35. The van der Waals surface area contributed by atoms with E-state index in [0.717, 1.165) is 36.5 Å². The minimum atomic E-state index is -0.899. The van der Waals surface area contributed by atoms with Crippen molar-refractivity contribution < 1.29 is 19.1 Å². The quantitative estimate of drug-likeness (QED) is 0.502. The van der Waals surface area contributed by atoms with Crippen LogP contribution >= 0.6 is 11.8 Å². The molecule has 2 aromatic rings. The van der Waals surface area contributed by atoms with Gasteiger partial charge in [0, 0.05) is 22.9 Å². The zero-order chi connectivity index (χ0) is 20.6. The van der Waals surface area contributed by atoms with Gasteiger partial charge in [-0.15, -0.1) is 11.8 Å². The third-order valence-electron chi connectivity index (χ3n) is 4.84. The number of rotatable bonds is 8. The van der Waals surface area contributed by atoms with Gasteiger partial charge in [0.15, 0.2) is 6.10 Å². The Balaban J connectivity index is 1.57. The Morgan fingerprint density at radius 3 is 2.66 bits per heavy atom. The van der Waals surface area contributed by atoms with Crippen LogP contribution in [0.2, 0.25) is 0 Å². The molecule has 5 nitrogen and oxygen atoms in total. The molecule has 2 atom stereocenters. The van der Waals surface area contributed by atoms with E-state index < -0.39 is 12.1 Å². The molecule has 0 aromatic heterocycles. The summed E-state index contributed by atoms with van der Waals surface area (Å²) < 4.78 is 11.1. The Labute approximate surface area is 176 Å². The van der Waals surface area contributed by atoms with Crippen molar-refractivity contribution in [1.29, 1.82) is 0 Å². The molecule has 1 fully saturated rings. The predicted molar refractivity (Wildman–Crippen MR) is 115 cm³/mol. The molecule has 1 amide bonds. The van der Waals surface area contributed by atoms with E-state index >= 15 is 0 Å². The van der Waals surface area contributed by atoms with Gasteiger partial charge in [0.2, 0.25) is 0 Å². The van der Waals surface area contributed by atoms with Crippen LogP contribution in [0, 0.1) is 0 Å². The maximum Gasteiger partial charge on any atom is 0.340 e. The van der Waals surface area contributed by atoms with E-state index in [-0.39, 0.29) is 12.0 Å². The SMILES string of the molecule is CCc1ccc(NC(=O)[C@H](C)OC(=O)c2ccccc2SC[C@@H]2CCCO2)cc1. The summed E-state index contributed by atoms with van der Waals surface area (Å²) in [7, 11) is 0. The highest BCUT2D eigenvalue weighted by molar-refractivity contribution is 7.99. The van der Waals surface area contributed by atoms with Gasteiger partial charge < -0.3 is 14.8 Å². The fraction of sp³-hybridized carbons (Fsp3) is 0.391. The summed E-state index contributed by atoms with van der Waals surface area (Å²) >= 11 is 1.59. The number of benzene rings is 2. The molecule has 6 heteroatoms. The van der Waals surface area contributed by atoms with E-state index in [1.54, 1.807) is 30.8 Å². The molecular weight excluding hydrogens is 386 g/mol. The lowest BCUT2D eigenvalue weighted by Crippen LogP contribution is -2.30.